The molecule has 0 aliphatic rings. The van der Waals surface area contributed by atoms with Crippen LogP contribution in [0.4, 0.5) is 8.78 Å². The quantitative estimate of drug-likeness (QED) is 0.0688. The lowest BCUT2D eigenvalue weighted by atomic mass is 9.97. The summed E-state index contributed by atoms with van der Waals surface area (Å²) in [5.41, 5.74) is 5.91. The fourth-order valence-electron chi connectivity index (χ4n) is 6.89. The van der Waals surface area contributed by atoms with E-state index >= 15 is 8.78 Å². The average Bonchev–Trinajstić information content (AvgIpc) is 3.23. The van der Waals surface area contributed by atoms with Crippen LogP contribution in [0.1, 0.15) is 108 Å². The largest absolute Gasteiger partial charge is 0.450 e. The summed E-state index contributed by atoms with van der Waals surface area (Å²) in [6.07, 6.45) is 6.09. The molecule has 0 N–H and O–H groups in total. The van der Waals surface area contributed by atoms with Gasteiger partial charge in [-0.05, 0) is 95.5 Å². The van der Waals surface area contributed by atoms with Crippen molar-refractivity contribution in [3.05, 3.63) is 191 Å². The van der Waals surface area contributed by atoms with E-state index in [0.717, 1.165) is 62.5 Å². The molecule has 0 spiro atoms. The van der Waals surface area contributed by atoms with Crippen LogP contribution in [0.5, 0.6) is 0 Å². The van der Waals surface area contributed by atoms with Crippen LogP contribution in [-0.2, 0) is 22.3 Å². The number of ether oxygens (including phenoxy) is 2. The Hall–Kier alpha value is -5.88. The Kier molecular flexibility index (Phi) is 14.0. The molecule has 286 valence electrons. The van der Waals surface area contributed by atoms with Gasteiger partial charge in [0.15, 0.2) is 12.2 Å². The SMILES string of the molecule is CCCCCc1ccc(-c2ccc(C(=O)O[C@H](c3ccccc3)[C@@H](OC(=O)c3ccc(-c4ccc(CCCCC)cc4F)cc3)c3ccccc3)cc2)c(F)c1. The zero-order valence-corrected chi connectivity index (χ0v) is 32.1. The molecule has 0 aromatic heterocycles. The second kappa shape index (κ2) is 19.6. The van der Waals surface area contributed by atoms with Gasteiger partial charge in [-0.15, -0.1) is 0 Å². The molecule has 0 unspecified atom stereocenters. The Bertz CT molecular complexity index is 2020. The number of carbonyl (C=O) groups excluding carboxylic acids is 2. The highest BCUT2D eigenvalue weighted by atomic mass is 19.1. The lowest BCUT2D eigenvalue weighted by molar-refractivity contribution is -0.0388. The van der Waals surface area contributed by atoms with Crippen LogP contribution in [0.15, 0.2) is 146 Å². The Morgan fingerprint density at radius 3 is 1.20 bits per heavy atom. The van der Waals surface area contributed by atoms with Crippen molar-refractivity contribution in [1.82, 2.24) is 0 Å². The third kappa shape index (κ3) is 10.2. The molecule has 0 saturated carbocycles. The van der Waals surface area contributed by atoms with Gasteiger partial charge in [0.2, 0.25) is 0 Å². The molecule has 0 heterocycles. The number of rotatable bonds is 17. The first-order valence-corrected chi connectivity index (χ1v) is 19.6. The standard InChI is InChI=1S/C50H48F2O4/c1-3-5-9-15-35-21-31-43(45(51)33-35)37-23-27-41(28-24-37)49(53)55-47(39-17-11-7-12-18-39)48(40-19-13-8-14-20-40)56-50(54)42-29-25-38(26-30-42)44-32-22-36(34-46(44)52)16-10-6-4-2/h7-8,11-14,17-34,47-48H,3-6,9-10,15-16H2,1-2H3/t47-,48+. The third-order valence-electron chi connectivity index (χ3n) is 10.1. The minimum Gasteiger partial charge on any atom is -0.450 e. The monoisotopic (exact) mass is 750 g/mol. The van der Waals surface area contributed by atoms with Gasteiger partial charge in [-0.25, -0.2) is 18.4 Å². The molecule has 56 heavy (non-hydrogen) atoms. The minimum atomic E-state index is -1.02. The predicted molar refractivity (Wildman–Crippen MR) is 219 cm³/mol. The van der Waals surface area contributed by atoms with Crippen molar-refractivity contribution >= 4 is 11.9 Å². The van der Waals surface area contributed by atoms with Gasteiger partial charge in [0.05, 0.1) is 11.1 Å². The molecular weight excluding hydrogens is 703 g/mol. The summed E-state index contributed by atoms with van der Waals surface area (Å²) < 4.78 is 42.7. The maximum absolute atomic E-state index is 15.2. The average molecular weight is 751 g/mol. The van der Waals surface area contributed by atoms with Gasteiger partial charge in [0, 0.05) is 11.1 Å². The summed E-state index contributed by atoms with van der Waals surface area (Å²) in [5, 5.41) is 0. The molecule has 0 amide bonds. The van der Waals surface area contributed by atoms with E-state index < -0.39 is 24.1 Å². The third-order valence-corrected chi connectivity index (χ3v) is 10.1. The smallest absolute Gasteiger partial charge is 0.338 e. The van der Waals surface area contributed by atoms with E-state index in [1.54, 1.807) is 72.8 Å². The van der Waals surface area contributed by atoms with E-state index in [4.69, 9.17) is 9.47 Å². The zero-order valence-electron chi connectivity index (χ0n) is 32.1. The molecule has 0 radical (unpaired) electrons. The molecular formula is C50H48F2O4. The molecule has 6 heteroatoms. The van der Waals surface area contributed by atoms with Gasteiger partial charge < -0.3 is 9.47 Å². The van der Waals surface area contributed by atoms with E-state index in [2.05, 4.69) is 13.8 Å². The Morgan fingerprint density at radius 1 is 0.482 bits per heavy atom. The summed E-state index contributed by atoms with van der Waals surface area (Å²) in [4.78, 5) is 27.6. The van der Waals surface area contributed by atoms with Crippen LogP contribution >= 0.6 is 0 Å². The number of aryl methyl sites for hydroxylation is 2. The highest BCUT2D eigenvalue weighted by Crippen LogP contribution is 2.37. The normalized spacial score (nSPS) is 12.1. The Morgan fingerprint density at radius 2 is 0.857 bits per heavy atom. The van der Waals surface area contributed by atoms with Gasteiger partial charge in [0.1, 0.15) is 11.6 Å². The van der Waals surface area contributed by atoms with Crippen LogP contribution in [0.3, 0.4) is 0 Å². The number of benzene rings is 6. The van der Waals surface area contributed by atoms with Crippen molar-refractivity contribution in [3.8, 4) is 22.3 Å². The van der Waals surface area contributed by atoms with E-state index in [0.29, 0.717) is 33.4 Å². The van der Waals surface area contributed by atoms with Crippen LogP contribution < -0.4 is 0 Å². The summed E-state index contributed by atoms with van der Waals surface area (Å²) in [6.45, 7) is 4.28. The maximum Gasteiger partial charge on any atom is 0.338 e. The Balaban J connectivity index is 1.22. The lowest BCUT2D eigenvalue weighted by Crippen LogP contribution is -2.23. The van der Waals surface area contributed by atoms with Gasteiger partial charge in [-0.3, -0.25) is 0 Å². The summed E-state index contributed by atoms with van der Waals surface area (Å²) >= 11 is 0. The van der Waals surface area contributed by atoms with Crippen molar-refractivity contribution < 1.29 is 27.8 Å². The van der Waals surface area contributed by atoms with Gasteiger partial charge in [-0.2, -0.15) is 0 Å². The molecule has 2 atom stereocenters. The number of hydrogen-bond acceptors (Lipinski definition) is 4. The van der Waals surface area contributed by atoms with E-state index in [1.165, 1.54) is 0 Å². The molecule has 0 bridgehead atoms. The molecule has 0 fully saturated rings. The number of esters is 2. The highest BCUT2D eigenvalue weighted by molar-refractivity contribution is 5.91. The fraction of sp³-hybridized carbons (Fsp3) is 0.240. The van der Waals surface area contributed by atoms with Crippen LogP contribution in [0.25, 0.3) is 22.3 Å². The number of carbonyl (C=O) groups is 2. The van der Waals surface area contributed by atoms with Gasteiger partial charge in [-0.1, -0.05) is 149 Å². The van der Waals surface area contributed by atoms with Crippen molar-refractivity contribution in [2.75, 3.05) is 0 Å². The molecule has 0 aliphatic heterocycles. The minimum absolute atomic E-state index is 0.265. The van der Waals surface area contributed by atoms with Crippen molar-refractivity contribution in [3.63, 3.8) is 0 Å². The molecule has 0 saturated heterocycles. The van der Waals surface area contributed by atoms with Crippen LogP contribution in [0, 0.1) is 11.6 Å². The van der Waals surface area contributed by atoms with E-state index in [1.807, 2.05) is 72.8 Å². The first-order valence-electron chi connectivity index (χ1n) is 19.6. The fourth-order valence-corrected chi connectivity index (χ4v) is 6.89. The van der Waals surface area contributed by atoms with Gasteiger partial charge in [0.25, 0.3) is 0 Å². The second-order valence-electron chi connectivity index (χ2n) is 14.2. The van der Waals surface area contributed by atoms with Crippen molar-refractivity contribution in [1.29, 1.82) is 0 Å². The highest BCUT2D eigenvalue weighted by Gasteiger charge is 2.33. The number of unbranched alkanes of at least 4 members (excludes halogenated alkanes) is 4. The van der Waals surface area contributed by atoms with E-state index in [-0.39, 0.29) is 22.8 Å². The number of halogens is 2. The van der Waals surface area contributed by atoms with Crippen molar-refractivity contribution in [2.24, 2.45) is 0 Å². The summed E-state index contributed by atoms with van der Waals surface area (Å²) in [6, 6.07) is 42.2. The zero-order chi connectivity index (χ0) is 39.3. The molecule has 4 nitrogen and oxygen atoms in total. The Labute approximate surface area is 329 Å². The summed E-state index contributed by atoms with van der Waals surface area (Å²) in [5.74, 6) is -1.87. The van der Waals surface area contributed by atoms with Gasteiger partial charge >= 0.3 is 11.9 Å². The molecule has 0 aliphatic carbocycles. The van der Waals surface area contributed by atoms with Crippen LogP contribution in [-0.4, -0.2) is 11.9 Å². The van der Waals surface area contributed by atoms with Crippen molar-refractivity contribution in [2.45, 2.75) is 77.4 Å². The maximum atomic E-state index is 15.2. The molecule has 6 aromatic rings. The summed E-state index contributed by atoms with van der Waals surface area (Å²) in [7, 11) is 0. The second-order valence-corrected chi connectivity index (χ2v) is 14.2. The molecule has 6 aromatic carbocycles. The first-order chi connectivity index (χ1) is 27.3. The number of hydrogen-bond donors (Lipinski definition) is 0. The van der Waals surface area contributed by atoms with E-state index in [9.17, 15) is 9.59 Å². The van der Waals surface area contributed by atoms with Crippen LogP contribution in [0.2, 0.25) is 0 Å². The lowest BCUT2D eigenvalue weighted by Gasteiger charge is -2.28. The topological polar surface area (TPSA) is 52.6 Å². The first kappa shape index (κ1) is 39.8. The predicted octanol–water partition coefficient (Wildman–Crippen LogP) is 13.3. The molecule has 6 rings (SSSR count).